The van der Waals surface area contributed by atoms with Crippen LogP contribution in [0.25, 0.3) is 16.8 Å². The lowest BCUT2D eigenvalue weighted by Crippen LogP contribution is -2.36. The molecule has 1 aliphatic carbocycles. The van der Waals surface area contributed by atoms with E-state index in [1.54, 1.807) is 6.20 Å². The van der Waals surface area contributed by atoms with Crippen molar-refractivity contribution in [2.24, 2.45) is 0 Å². The number of fused-ring (bicyclic) bond motifs is 1. The maximum absolute atomic E-state index is 13.1. The lowest BCUT2D eigenvalue weighted by Gasteiger charge is -2.23. The lowest BCUT2D eigenvalue weighted by atomic mass is 9.95. The predicted molar refractivity (Wildman–Crippen MR) is 124 cm³/mol. The molecule has 0 bridgehead atoms. The first kappa shape index (κ1) is 19.6. The third-order valence-corrected chi connectivity index (χ3v) is 6.20. The molecule has 2 heterocycles. The summed E-state index contributed by atoms with van der Waals surface area (Å²) in [6.45, 7) is 0. The summed E-state index contributed by atoms with van der Waals surface area (Å²) in [5.41, 5.74) is 6.13. The van der Waals surface area contributed by atoms with Gasteiger partial charge in [-0.15, -0.1) is 0 Å². The van der Waals surface area contributed by atoms with Crippen LogP contribution in [0.2, 0.25) is 0 Å². The van der Waals surface area contributed by atoms with E-state index in [2.05, 4.69) is 65.0 Å². The molecule has 1 aliphatic rings. The van der Waals surface area contributed by atoms with Crippen LogP contribution in [-0.2, 0) is 6.42 Å². The van der Waals surface area contributed by atoms with Crippen LogP contribution in [0.1, 0.15) is 53.6 Å². The zero-order valence-corrected chi connectivity index (χ0v) is 17.6. The molecule has 4 nitrogen and oxygen atoms in total. The number of aromatic nitrogens is 2. The molecular formula is C27H27N3O. The molecule has 1 N–H and O–H groups in total. The molecule has 1 fully saturated rings. The second-order valence-corrected chi connectivity index (χ2v) is 8.47. The SMILES string of the molecule is O=C(NC1CCCCC1)c1cc(Cc2ccc(-c3ccccc3)cc2)cn2ccnc12. The van der Waals surface area contributed by atoms with Gasteiger partial charge in [-0.05, 0) is 47.6 Å². The van der Waals surface area contributed by atoms with Crippen molar-refractivity contribution in [3.05, 3.63) is 95.9 Å². The topological polar surface area (TPSA) is 46.4 Å². The first-order valence-corrected chi connectivity index (χ1v) is 11.2. The molecule has 1 amide bonds. The molecule has 31 heavy (non-hydrogen) atoms. The van der Waals surface area contributed by atoms with Gasteiger partial charge in [-0.25, -0.2) is 4.98 Å². The molecule has 0 saturated heterocycles. The number of imidazole rings is 1. The van der Waals surface area contributed by atoms with E-state index in [0.29, 0.717) is 5.56 Å². The van der Waals surface area contributed by atoms with Crippen LogP contribution >= 0.6 is 0 Å². The van der Waals surface area contributed by atoms with Crippen molar-refractivity contribution in [1.82, 2.24) is 14.7 Å². The van der Waals surface area contributed by atoms with Crippen LogP contribution in [0.5, 0.6) is 0 Å². The largest absolute Gasteiger partial charge is 0.349 e. The number of hydrogen-bond donors (Lipinski definition) is 1. The third-order valence-electron chi connectivity index (χ3n) is 6.20. The summed E-state index contributed by atoms with van der Waals surface area (Å²) in [5.74, 6) is -0.00984. The second-order valence-electron chi connectivity index (χ2n) is 8.47. The highest BCUT2D eigenvalue weighted by Crippen LogP contribution is 2.22. The molecule has 4 aromatic rings. The molecule has 2 aromatic carbocycles. The molecule has 156 valence electrons. The summed E-state index contributed by atoms with van der Waals surface area (Å²) >= 11 is 0. The van der Waals surface area contributed by atoms with Crippen LogP contribution in [0.15, 0.2) is 79.3 Å². The van der Waals surface area contributed by atoms with Crippen LogP contribution in [0.3, 0.4) is 0 Å². The predicted octanol–water partition coefficient (Wildman–Crippen LogP) is 5.65. The van der Waals surface area contributed by atoms with E-state index in [4.69, 9.17) is 0 Å². The minimum absolute atomic E-state index is 0.00984. The maximum Gasteiger partial charge on any atom is 0.255 e. The number of carbonyl (C=O) groups excluding carboxylic acids is 1. The molecular weight excluding hydrogens is 382 g/mol. The van der Waals surface area contributed by atoms with Gasteiger partial charge in [-0.2, -0.15) is 0 Å². The standard InChI is InChI=1S/C27H27N3O/c31-27(29-24-9-5-2-6-10-24)25-18-21(19-30-16-15-28-26(25)30)17-20-11-13-23(14-12-20)22-7-3-1-4-8-22/h1,3-4,7-8,11-16,18-19,24H,2,5-6,9-10,17H2,(H,29,31). The van der Waals surface area contributed by atoms with E-state index in [0.717, 1.165) is 30.5 Å². The van der Waals surface area contributed by atoms with E-state index in [1.165, 1.54) is 36.0 Å². The third kappa shape index (κ3) is 4.38. The highest BCUT2D eigenvalue weighted by molar-refractivity contribution is 6.00. The van der Waals surface area contributed by atoms with Crippen LogP contribution in [0.4, 0.5) is 0 Å². The number of benzene rings is 2. The highest BCUT2D eigenvalue weighted by atomic mass is 16.1. The lowest BCUT2D eigenvalue weighted by molar-refractivity contribution is 0.0928. The van der Waals surface area contributed by atoms with Crippen LogP contribution in [0, 0.1) is 0 Å². The number of nitrogens with one attached hydrogen (secondary N) is 1. The maximum atomic E-state index is 13.1. The minimum atomic E-state index is -0.00984. The molecule has 2 aromatic heterocycles. The normalized spacial score (nSPS) is 14.6. The van der Waals surface area contributed by atoms with Gasteiger partial charge in [0.05, 0.1) is 5.56 Å². The summed E-state index contributed by atoms with van der Waals surface area (Å²) < 4.78 is 1.96. The number of carbonyl (C=O) groups is 1. The Morgan fingerprint density at radius 1 is 0.935 bits per heavy atom. The van der Waals surface area contributed by atoms with Gasteiger partial charge >= 0.3 is 0 Å². The Hall–Kier alpha value is -3.40. The van der Waals surface area contributed by atoms with Gasteiger partial charge in [0.2, 0.25) is 0 Å². The zero-order chi connectivity index (χ0) is 21.0. The van der Waals surface area contributed by atoms with E-state index in [9.17, 15) is 4.79 Å². The summed E-state index contributed by atoms with van der Waals surface area (Å²) in [7, 11) is 0. The van der Waals surface area contributed by atoms with Gasteiger partial charge < -0.3 is 9.72 Å². The van der Waals surface area contributed by atoms with Gasteiger partial charge in [0.15, 0.2) is 0 Å². The molecule has 5 rings (SSSR count). The smallest absolute Gasteiger partial charge is 0.255 e. The van der Waals surface area contributed by atoms with Crippen LogP contribution < -0.4 is 5.32 Å². The Balaban J connectivity index is 1.38. The summed E-state index contributed by atoms with van der Waals surface area (Å²) in [5, 5.41) is 3.24. The number of pyridine rings is 1. The summed E-state index contributed by atoms with van der Waals surface area (Å²) in [4.78, 5) is 17.5. The molecule has 0 unspecified atom stereocenters. The molecule has 0 spiro atoms. The van der Waals surface area contributed by atoms with E-state index in [1.807, 2.05) is 22.7 Å². The number of amides is 1. The second kappa shape index (κ2) is 8.76. The average molecular weight is 410 g/mol. The Morgan fingerprint density at radius 2 is 1.68 bits per heavy atom. The van der Waals surface area contributed by atoms with E-state index >= 15 is 0 Å². The fourth-order valence-electron chi connectivity index (χ4n) is 4.55. The molecule has 4 heteroatoms. The van der Waals surface area contributed by atoms with Crippen molar-refractivity contribution in [1.29, 1.82) is 0 Å². The van der Waals surface area contributed by atoms with Crippen molar-refractivity contribution in [3.8, 4) is 11.1 Å². The zero-order valence-electron chi connectivity index (χ0n) is 17.6. The van der Waals surface area contributed by atoms with Crippen LogP contribution in [-0.4, -0.2) is 21.3 Å². The van der Waals surface area contributed by atoms with Crippen molar-refractivity contribution in [3.63, 3.8) is 0 Å². The van der Waals surface area contributed by atoms with Gasteiger partial charge in [0.25, 0.3) is 5.91 Å². The molecule has 0 aliphatic heterocycles. The fourth-order valence-corrected chi connectivity index (χ4v) is 4.55. The van der Waals surface area contributed by atoms with Crippen molar-refractivity contribution >= 4 is 11.6 Å². The Bertz CT molecular complexity index is 1170. The quantitative estimate of drug-likeness (QED) is 0.463. The number of rotatable bonds is 5. The molecule has 1 saturated carbocycles. The first-order valence-electron chi connectivity index (χ1n) is 11.2. The number of hydrogen-bond acceptors (Lipinski definition) is 2. The molecule has 0 atom stereocenters. The fraction of sp³-hybridized carbons (Fsp3) is 0.259. The Morgan fingerprint density at radius 3 is 2.45 bits per heavy atom. The highest BCUT2D eigenvalue weighted by Gasteiger charge is 2.19. The minimum Gasteiger partial charge on any atom is -0.349 e. The summed E-state index contributed by atoms with van der Waals surface area (Å²) in [6.07, 6.45) is 12.3. The number of nitrogens with zero attached hydrogens (tertiary/aromatic N) is 2. The van der Waals surface area contributed by atoms with Crippen molar-refractivity contribution in [2.75, 3.05) is 0 Å². The average Bonchev–Trinajstić information content (AvgIpc) is 3.29. The van der Waals surface area contributed by atoms with E-state index < -0.39 is 0 Å². The van der Waals surface area contributed by atoms with Gasteiger partial charge in [-0.3, -0.25) is 4.79 Å². The van der Waals surface area contributed by atoms with Gasteiger partial charge in [-0.1, -0.05) is 73.9 Å². The summed E-state index contributed by atoms with van der Waals surface area (Å²) in [6, 6.07) is 21.4. The molecule has 0 radical (unpaired) electrons. The van der Waals surface area contributed by atoms with Gasteiger partial charge in [0.1, 0.15) is 5.65 Å². The Labute approximate surface area is 183 Å². The van der Waals surface area contributed by atoms with Gasteiger partial charge in [0, 0.05) is 24.6 Å². The van der Waals surface area contributed by atoms with Crippen molar-refractivity contribution < 1.29 is 4.79 Å². The van der Waals surface area contributed by atoms with Crippen molar-refractivity contribution in [2.45, 2.75) is 44.6 Å². The first-order chi connectivity index (χ1) is 15.3. The monoisotopic (exact) mass is 409 g/mol. The Kier molecular flexibility index (Phi) is 5.53. The van der Waals surface area contributed by atoms with E-state index in [-0.39, 0.29) is 11.9 Å².